The molecule has 0 bridgehead atoms. The molecule has 0 spiro atoms. The number of benzene rings is 1. The van der Waals surface area contributed by atoms with Gasteiger partial charge in [-0.05, 0) is 18.9 Å². The average Bonchev–Trinajstić information content (AvgIpc) is 2.51. The fraction of sp³-hybridized carbons (Fsp3) is 0.438. The van der Waals surface area contributed by atoms with Crippen molar-refractivity contribution in [3.05, 3.63) is 35.9 Å². The van der Waals surface area contributed by atoms with Gasteiger partial charge in [0.2, 0.25) is 5.91 Å². The Bertz CT molecular complexity index is 518. The standard InChI is InChI=1S/C16H21NO4S/c1-11(16(20)21-3)17-15(19)14(10-22-12(2)18)9-13-7-5-4-6-8-13/h4-8,11,14H,9-10H2,1-3H3,(H,17,19)/t11?,14-/m1/s1. The summed E-state index contributed by atoms with van der Waals surface area (Å²) in [5.41, 5.74) is 1.01. The van der Waals surface area contributed by atoms with Crippen molar-refractivity contribution in [1.82, 2.24) is 5.32 Å². The number of carbonyl (C=O) groups is 3. The van der Waals surface area contributed by atoms with Crippen molar-refractivity contribution < 1.29 is 19.1 Å². The molecule has 0 aliphatic carbocycles. The van der Waals surface area contributed by atoms with Gasteiger partial charge in [-0.25, -0.2) is 4.79 Å². The predicted octanol–water partition coefficient (Wildman–Crippen LogP) is 1.80. The maximum Gasteiger partial charge on any atom is 0.328 e. The molecule has 0 saturated carbocycles. The minimum Gasteiger partial charge on any atom is -0.467 e. The summed E-state index contributed by atoms with van der Waals surface area (Å²) in [5, 5.41) is 2.60. The molecule has 120 valence electrons. The monoisotopic (exact) mass is 323 g/mol. The zero-order chi connectivity index (χ0) is 16.5. The highest BCUT2D eigenvalue weighted by molar-refractivity contribution is 8.13. The summed E-state index contributed by atoms with van der Waals surface area (Å²) in [6, 6.07) is 8.87. The fourth-order valence-electron chi connectivity index (χ4n) is 1.91. The van der Waals surface area contributed by atoms with E-state index in [-0.39, 0.29) is 16.9 Å². The number of methoxy groups -OCH3 is 1. The van der Waals surface area contributed by atoms with Crippen LogP contribution >= 0.6 is 11.8 Å². The molecule has 0 heterocycles. The molecule has 0 aromatic heterocycles. The number of nitrogens with one attached hydrogen (secondary N) is 1. The van der Waals surface area contributed by atoms with E-state index >= 15 is 0 Å². The van der Waals surface area contributed by atoms with Crippen molar-refractivity contribution in [3.63, 3.8) is 0 Å². The summed E-state index contributed by atoms with van der Waals surface area (Å²) in [5.74, 6) is -0.755. The van der Waals surface area contributed by atoms with E-state index in [0.29, 0.717) is 12.2 Å². The van der Waals surface area contributed by atoms with Crippen LogP contribution in [0.25, 0.3) is 0 Å². The van der Waals surface area contributed by atoms with Gasteiger partial charge in [-0.3, -0.25) is 9.59 Å². The smallest absolute Gasteiger partial charge is 0.328 e. The Kier molecular flexibility index (Phi) is 7.66. The maximum absolute atomic E-state index is 12.3. The normalized spacial score (nSPS) is 13.0. The lowest BCUT2D eigenvalue weighted by molar-refractivity contribution is -0.144. The topological polar surface area (TPSA) is 72.5 Å². The van der Waals surface area contributed by atoms with Gasteiger partial charge in [0.1, 0.15) is 6.04 Å². The molecule has 5 nitrogen and oxygen atoms in total. The van der Waals surface area contributed by atoms with Crippen LogP contribution in [0.2, 0.25) is 0 Å². The molecule has 1 aromatic rings. The van der Waals surface area contributed by atoms with Crippen LogP contribution in [0, 0.1) is 5.92 Å². The predicted molar refractivity (Wildman–Crippen MR) is 86.4 cm³/mol. The Balaban J connectivity index is 2.73. The van der Waals surface area contributed by atoms with Crippen molar-refractivity contribution >= 4 is 28.8 Å². The first-order chi connectivity index (χ1) is 10.4. The van der Waals surface area contributed by atoms with Crippen LogP contribution < -0.4 is 5.32 Å². The van der Waals surface area contributed by atoms with Gasteiger partial charge in [0.15, 0.2) is 5.12 Å². The van der Waals surface area contributed by atoms with Gasteiger partial charge in [-0.15, -0.1) is 0 Å². The molecule has 0 aliphatic heterocycles. The second kappa shape index (κ2) is 9.25. The zero-order valence-corrected chi connectivity index (χ0v) is 13.8. The fourth-order valence-corrected chi connectivity index (χ4v) is 2.62. The van der Waals surface area contributed by atoms with E-state index in [2.05, 4.69) is 10.1 Å². The van der Waals surface area contributed by atoms with Crippen LogP contribution in [0.1, 0.15) is 19.4 Å². The molecular weight excluding hydrogens is 302 g/mol. The highest BCUT2D eigenvalue weighted by Crippen LogP contribution is 2.16. The summed E-state index contributed by atoms with van der Waals surface area (Å²) in [6.45, 7) is 3.04. The van der Waals surface area contributed by atoms with Gasteiger partial charge in [-0.2, -0.15) is 0 Å². The van der Waals surface area contributed by atoms with Gasteiger partial charge >= 0.3 is 5.97 Å². The van der Waals surface area contributed by atoms with Crippen molar-refractivity contribution in [3.8, 4) is 0 Å². The van der Waals surface area contributed by atoms with E-state index in [1.54, 1.807) is 6.92 Å². The van der Waals surface area contributed by atoms with Gasteiger partial charge in [0, 0.05) is 12.7 Å². The first-order valence-electron chi connectivity index (χ1n) is 6.99. The molecule has 0 saturated heterocycles. The summed E-state index contributed by atoms with van der Waals surface area (Å²) in [6.07, 6.45) is 0.515. The maximum atomic E-state index is 12.3. The second-order valence-corrected chi connectivity index (χ2v) is 6.14. The number of esters is 1. The van der Waals surface area contributed by atoms with Crippen LogP contribution in [0.15, 0.2) is 30.3 Å². The molecule has 0 fully saturated rings. The van der Waals surface area contributed by atoms with Crippen molar-refractivity contribution in [2.24, 2.45) is 5.92 Å². The van der Waals surface area contributed by atoms with Crippen LogP contribution in [0.3, 0.4) is 0 Å². The minimum absolute atomic E-state index is 0.0353. The lowest BCUT2D eigenvalue weighted by atomic mass is 10.00. The average molecular weight is 323 g/mol. The third kappa shape index (κ3) is 6.30. The largest absolute Gasteiger partial charge is 0.467 e. The van der Waals surface area contributed by atoms with E-state index in [0.717, 1.165) is 17.3 Å². The van der Waals surface area contributed by atoms with Crippen molar-refractivity contribution in [2.45, 2.75) is 26.3 Å². The molecule has 1 rings (SSSR count). The molecule has 2 atom stereocenters. The molecule has 6 heteroatoms. The Labute approximate surface area is 134 Å². The molecule has 0 radical (unpaired) electrons. The minimum atomic E-state index is -0.710. The second-order valence-electron chi connectivity index (χ2n) is 4.94. The van der Waals surface area contributed by atoms with Crippen molar-refractivity contribution in [1.29, 1.82) is 0 Å². The molecular formula is C16H21NO4S. The first kappa shape index (κ1) is 18.2. The summed E-state index contributed by atoms with van der Waals surface area (Å²) >= 11 is 1.11. The van der Waals surface area contributed by atoms with Gasteiger partial charge in [0.25, 0.3) is 0 Å². The van der Waals surface area contributed by atoms with Crippen LogP contribution in [0.5, 0.6) is 0 Å². The molecule has 0 aliphatic rings. The Hall–Kier alpha value is -1.82. The van der Waals surface area contributed by atoms with Gasteiger partial charge in [0.05, 0.1) is 13.0 Å². The summed E-state index contributed by atoms with van der Waals surface area (Å²) < 4.78 is 4.60. The first-order valence-corrected chi connectivity index (χ1v) is 7.98. The molecule has 1 amide bonds. The quantitative estimate of drug-likeness (QED) is 0.775. The van der Waals surface area contributed by atoms with Gasteiger partial charge in [-0.1, -0.05) is 42.1 Å². The molecule has 1 aromatic carbocycles. The van der Waals surface area contributed by atoms with Crippen LogP contribution in [-0.4, -0.2) is 35.9 Å². The number of hydrogen-bond donors (Lipinski definition) is 1. The summed E-state index contributed by atoms with van der Waals surface area (Å²) in [4.78, 5) is 34.9. The number of ether oxygens (including phenoxy) is 1. The zero-order valence-electron chi connectivity index (χ0n) is 13.0. The third-order valence-electron chi connectivity index (χ3n) is 3.10. The molecule has 22 heavy (non-hydrogen) atoms. The van der Waals surface area contributed by atoms with E-state index in [1.807, 2.05) is 30.3 Å². The number of rotatable bonds is 7. The third-order valence-corrected chi connectivity index (χ3v) is 4.07. The van der Waals surface area contributed by atoms with Crippen LogP contribution in [-0.2, 0) is 25.5 Å². The Morgan fingerprint density at radius 1 is 1.23 bits per heavy atom. The van der Waals surface area contributed by atoms with E-state index in [9.17, 15) is 14.4 Å². The lowest BCUT2D eigenvalue weighted by Gasteiger charge is -2.18. The summed E-state index contributed by atoms with van der Waals surface area (Å²) in [7, 11) is 1.28. The SMILES string of the molecule is COC(=O)C(C)NC(=O)[C@@H](CSC(C)=O)Cc1ccccc1. The van der Waals surface area contributed by atoms with E-state index in [4.69, 9.17) is 0 Å². The van der Waals surface area contributed by atoms with E-state index in [1.165, 1.54) is 14.0 Å². The van der Waals surface area contributed by atoms with Crippen molar-refractivity contribution in [2.75, 3.05) is 12.9 Å². The van der Waals surface area contributed by atoms with E-state index < -0.39 is 12.0 Å². The Morgan fingerprint density at radius 3 is 2.41 bits per heavy atom. The number of amides is 1. The van der Waals surface area contributed by atoms with Gasteiger partial charge < -0.3 is 10.1 Å². The lowest BCUT2D eigenvalue weighted by Crippen LogP contribution is -2.43. The highest BCUT2D eigenvalue weighted by Gasteiger charge is 2.24. The number of carbonyl (C=O) groups excluding carboxylic acids is 3. The number of thioether (sulfide) groups is 1. The van der Waals surface area contributed by atoms with Crippen LogP contribution in [0.4, 0.5) is 0 Å². The molecule has 1 N–H and O–H groups in total. The Morgan fingerprint density at radius 2 is 1.86 bits per heavy atom. The molecule has 1 unspecified atom stereocenters. The number of hydrogen-bond acceptors (Lipinski definition) is 5. The highest BCUT2D eigenvalue weighted by atomic mass is 32.2.